The topological polar surface area (TPSA) is 47.1 Å². The first-order valence-electron chi connectivity index (χ1n) is 5.26. The third-order valence-electron chi connectivity index (χ3n) is 2.88. The Bertz CT molecular complexity index is 341. The van der Waals surface area contributed by atoms with Crippen molar-refractivity contribution in [2.45, 2.75) is 13.5 Å². The average molecular weight is 226 g/mol. The minimum Gasteiger partial charge on any atom is -0.384 e. The van der Waals surface area contributed by atoms with Gasteiger partial charge in [0.2, 0.25) is 0 Å². The van der Waals surface area contributed by atoms with Gasteiger partial charge in [0.25, 0.3) is 0 Å². The number of hydrogen-bond acceptors (Lipinski definition) is 4. The summed E-state index contributed by atoms with van der Waals surface area (Å²) >= 11 is 2.03. The summed E-state index contributed by atoms with van der Waals surface area (Å²) in [7, 11) is 1.90. The second kappa shape index (κ2) is 4.45. The van der Waals surface area contributed by atoms with Gasteiger partial charge in [0, 0.05) is 43.8 Å². The highest BCUT2D eigenvalue weighted by atomic mass is 32.2. The van der Waals surface area contributed by atoms with Crippen molar-refractivity contribution in [1.29, 1.82) is 0 Å². The monoisotopic (exact) mass is 226 g/mol. The number of rotatable bonds is 2. The van der Waals surface area contributed by atoms with Crippen LogP contribution in [-0.2, 0) is 13.6 Å². The number of aromatic nitrogens is 2. The molecule has 1 aromatic rings. The Kier molecular flexibility index (Phi) is 3.21. The van der Waals surface area contributed by atoms with Crippen molar-refractivity contribution in [3.63, 3.8) is 0 Å². The fraction of sp³-hybridized carbons (Fsp3) is 0.700. The molecule has 1 aliphatic rings. The average Bonchev–Trinajstić information content (AvgIpc) is 2.47. The maximum absolute atomic E-state index is 5.99. The van der Waals surface area contributed by atoms with Crippen molar-refractivity contribution in [2.24, 2.45) is 7.05 Å². The number of nitrogens with zero attached hydrogens (tertiary/aromatic N) is 3. The number of nitrogens with two attached hydrogens (primary N) is 1. The van der Waals surface area contributed by atoms with Crippen molar-refractivity contribution in [3.05, 3.63) is 11.3 Å². The van der Waals surface area contributed by atoms with Crippen molar-refractivity contribution in [3.8, 4) is 0 Å². The summed E-state index contributed by atoms with van der Waals surface area (Å²) in [4.78, 5) is 2.46. The summed E-state index contributed by atoms with van der Waals surface area (Å²) in [5.41, 5.74) is 8.25. The molecule has 0 amide bonds. The molecule has 1 fully saturated rings. The molecular weight excluding hydrogens is 208 g/mol. The van der Waals surface area contributed by atoms with Gasteiger partial charge in [-0.05, 0) is 6.92 Å². The maximum atomic E-state index is 5.99. The second-order valence-electron chi connectivity index (χ2n) is 3.96. The molecule has 15 heavy (non-hydrogen) atoms. The van der Waals surface area contributed by atoms with Crippen molar-refractivity contribution >= 4 is 17.6 Å². The lowest BCUT2D eigenvalue weighted by Gasteiger charge is -2.26. The highest BCUT2D eigenvalue weighted by molar-refractivity contribution is 7.99. The molecule has 2 heterocycles. The van der Waals surface area contributed by atoms with E-state index in [1.807, 2.05) is 25.7 Å². The molecule has 0 aliphatic carbocycles. The Morgan fingerprint density at radius 2 is 2.07 bits per heavy atom. The standard InChI is InChI=1S/C10H18N4S/c1-8-9(10(11)13(2)12-8)7-14-3-5-15-6-4-14/h3-7,11H2,1-2H3. The third kappa shape index (κ3) is 2.29. The van der Waals surface area contributed by atoms with Crippen LogP contribution in [0.1, 0.15) is 11.3 Å². The molecule has 1 aromatic heterocycles. The van der Waals surface area contributed by atoms with Crippen LogP contribution in [0.3, 0.4) is 0 Å². The lowest BCUT2D eigenvalue weighted by atomic mass is 10.2. The number of aryl methyl sites for hydroxylation is 2. The van der Waals surface area contributed by atoms with Gasteiger partial charge in [-0.15, -0.1) is 0 Å². The van der Waals surface area contributed by atoms with E-state index in [0.29, 0.717) is 0 Å². The predicted molar refractivity (Wildman–Crippen MR) is 65.0 cm³/mol. The second-order valence-corrected chi connectivity index (χ2v) is 5.19. The van der Waals surface area contributed by atoms with Crippen molar-refractivity contribution in [2.75, 3.05) is 30.3 Å². The van der Waals surface area contributed by atoms with Crippen LogP contribution in [0.2, 0.25) is 0 Å². The molecule has 1 saturated heterocycles. The number of thioether (sulfide) groups is 1. The number of anilines is 1. The number of nitrogen functional groups attached to an aromatic ring is 1. The molecule has 4 nitrogen and oxygen atoms in total. The molecule has 1 aliphatic heterocycles. The zero-order valence-electron chi connectivity index (χ0n) is 9.36. The molecule has 0 saturated carbocycles. The largest absolute Gasteiger partial charge is 0.384 e. The summed E-state index contributed by atoms with van der Waals surface area (Å²) in [6.07, 6.45) is 0. The van der Waals surface area contributed by atoms with Crippen molar-refractivity contribution in [1.82, 2.24) is 14.7 Å². The van der Waals surface area contributed by atoms with E-state index < -0.39 is 0 Å². The molecule has 0 spiro atoms. The molecule has 5 heteroatoms. The van der Waals surface area contributed by atoms with Gasteiger partial charge in [-0.25, -0.2) is 0 Å². The molecule has 0 unspecified atom stereocenters. The van der Waals surface area contributed by atoms with E-state index in [1.165, 1.54) is 30.2 Å². The minimum absolute atomic E-state index is 0.811. The van der Waals surface area contributed by atoms with E-state index in [2.05, 4.69) is 10.00 Å². The van der Waals surface area contributed by atoms with E-state index >= 15 is 0 Å². The Hall–Kier alpha value is -0.680. The van der Waals surface area contributed by atoms with E-state index in [-0.39, 0.29) is 0 Å². The van der Waals surface area contributed by atoms with Gasteiger partial charge in [0.05, 0.1) is 5.69 Å². The Morgan fingerprint density at radius 3 is 2.60 bits per heavy atom. The lowest BCUT2D eigenvalue weighted by Crippen LogP contribution is -2.32. The van der Waals surface area contributed by atoms with Gasteiger partial charge in [-0.1, -0.05) is 0 Å². The van der Waals surface area contributed by atoms with Gasteiger partial charge < -0.3 is 5.73 Å². The molecule has 84 valence electrons. The van der Waals surface area contributed by atoms with Crippen LogP contribution < -0.4 is 5.73 Å². The lowest BCUT2D eigenvalue weighted by molar-refractivity contribution is 0.294. The summed E-state index contributed by atoms with van der Waals surface area (Å²) in [5, 5.41) is 4.34. The Balaban J connectivity index is 2.09. The van der Waals surface area contributed by atoms with Crippen LogP contribution in [0.4, 0.5) is 5.82 Å². The van der Waals surface area contributed by atoms with E-state index in [0.717, 1.165) is 18.1 Å². The predicted octanol–water partition coefficient (Wildman–Crippen LogP) is 0.860. The first-order chi connectivity index (χ1) is 7.18. The first kappa shape index (κ1) is 10.8. The van der Waals surface area contributed by atoms with Gasteiger partial charge in [0.15, 0.2) is 0 Å². The summed E-state index contributed by atoms with van der Waals surface area (Å²) in [6, 6.07) is 0. The Labute approximate surface area is 94.8 Å². The fourth-order valence-corrected chi connectivity index (χ4v) is 2.88. The van der Waals surface area contributed by atoms with Crippen LogP contribution in [0.5, 0.6) is 0 Å². The van der Waals surface area contributed by atoms with E-state index in [4.69, 9.17) is 5.73 Å². The summed E-state index contributed by atoms with van der Waals surface area (Å²) < 4.78 is 1.77. The van der Waals surface area contributed by atoms with Gasteiger partial charge in [0.1, 0.15) is 5.82 Å². The fourth-order valence-electron chi connectivity index (χ4n) is 1.90. The molecule has 2 rings (SSSR count). The molecule has 2 N–H and O–H groups in total. The zero-order chi connectivity index (χ0) is 10.8. The zero-order valence-corrected chi connectivity index (χ0v) is 10.2. The maximum Gasteiger partial charge on any atom is 0.126 e. The summed E-state index contributed by atoms with van der Waals surface area (Å²) in [6.45, 7) is 5.31. The molecule has 0 radical (unpaired) electrons. The van der Waals surface area contributed by atoms with Gasteiger partial charge in [-0.2, -0.15) is 16.9 Å². The van der Waals surface area contributed by atoms with E-state index in [1.54, 1.807) is 4.68 Å². The van der Waals surface area contributed by atoms with Gasteiger partial charge >= 0.3 is 0 Å². The van der Waals surface area contributed by atoms with Gasteiger partial charge in [-0.3, -0.25) is 9.58 Å². The number of hydrogen-bond donors (Lipinski definition) is 1. The first-order valence-corrected chi connectivity index (χ1v) is 6.42. The van der Waals surface area contributed by atoms with Crippen LogP contribution in [0, 0.1) is 6.92 Å². The highest BCUT2D eigenvalue weighted by Crippen LogP contribution is 2.19. The normalized spacial score (nSPS) is 18.3. The Morgan fingerprint density at radius 1 is 1.40 bits per heavy atom. The van der Waals surface area contributed by atoms with Crippen LogP contribution >= 0.6 is 11.8 Å². The third-order valence-corrected chi connectivity index (χ3v) is 3.82. The quantitative estimate of drug-likeness (QED) is 0.812. The molecular formula is C10H18N4S. The smallest absolute Gasteiger partial charge is 0.126 e. The SMILES string of the molecule is Cc1nn(C)c(N)c1CN1CCSCC1. The molecule has 0 atom stereocenters. The van der Waals surface area contributed by atoms with Crippen LogP contribution in [0.15, 0.2) is 0 Å². The van der Waals surface area contributed by atoms with Crippen molar-refractivity contribution < 1.29 is 0 Å². The molecule has 0 bridgehead atoms. The van der Waals surface area contributed by atoms with Crippen LogP contribution in [-0.4, -0.2) is 39.3 Å². The molecule has 0 aromatic carbocycles. The van der Waals surface area contributed by atoms with Crippen LogP contribution in [0.25, 0.3) is 0 Å². The minimum atomic E-state index is 0.811. The summed E-state index contributed by atoms with van der Waals surface area (Å²) in [5.74, 6) is 3.28. The van der Waals surface area contributed by atoms with E-state index in [9.17, 15) is 0 Å². The highest BCUT2D eigenvalue weighted by Gasteiger charge is 2.16.